The average Bonchev–Trinajstić information content (AvgIpc) is 3.71. The Morgan fingerprint density at radius 3 is 2.56 bits per heavy atom. The number of aromatic nitrogens is 5. The van der Waals surface area contributed by atoms with Crippen molar-refractivity contribution in [2.45, 2.75) is 75.7 Å². The van der Waals surface area contributed by atoms with Crippen molar-refractivity contribution < 1.29 is 45.4 Å². The van der Waals surface area contributed by atoms with Crippen molar-refractivity contribution in [3.8, 4) is 0 Å². The minimum atomic E-state index is -4.63. The first-order valence-corrected chi connectivity index (χ1v) is 14.2. The van der Waals surface area contributed by atoms with E-state index in [0.717, 1.165) is 17.3 Å². The fourth-order valence-electron chi connectivity index (χ4n) is 5.66. The summed E-state index contributed by atoms with van der Waals surface area (Å²) < 4.78 is 92.5. The molecule has 1 aliphatic carbocycles. The van der Waals surface area contributed by atoms with E-state index >= 15 is 0 Å². The number of carbonyl (C=O) groups excluding carboxylic acids is 2. The number of nitrogens with one attached hydrogen (secondary N) is 2. The molecule has 3 atom stereocenters. The molecule has 3 aromatic heterocycles. The fourth-order valence-corrected chi connectivity index (χ4v) is 5.66. The second-order valence-corrected chi connectivity index (χ2v) is 11.5. The number of alkyl carbamates (subject to hydrolysis) is 1. The minimum Gasteiger partial charge on any atom is -0.445 e. The second-order valence-electron chi connectivity index (χ2n) is 11.5. The van der Waals surface area contributed by atoms with Gasteiger partial charge in [-0.1, -0.05) is 0 Å². The van der Waals surface area contributed by atoms with Gasteiger partial charge in [0.05, 0.1) is 49.5 Å². The third kappa shape index (κ3) is 7.42. The number of ether oxygens (including phenoxy) is 2. The van der Waals surface area contributed by atoms with Crippen molar-refractivity contribution in [3.05, 3.63) is 47.7 Å². The Bertz CT molecular complexity index is 1500. The summed E-state index contributed by atoms with van der Waals surface area (Å²) in [6.07, 6.45) is 1.02. The summed E-state index contributed by atoms with van der Waals surface area (Å²) in [5, 5.41) is 12.6. The maximum atomic E-state index is 14.6. The van der Waals surface area contributed by atoms with Crippen LogP contribution in [-0.2, 0) is 16.1 Å². The van der Waals surface area contributed by atoms with Gasteiger partial charge in [0.25, 0.3) is 0 Å². The zero-order chi connectivity index (χ0) is 32.5. The predicted molar refractivity (Wildman–Crippen MR) is 144 cm³/mol. The molecule has 3 amide bonds. The molecule has 2 aliphatic rings. The number of hydrogen-bond acceptors (Lipinski definition) is 7. The van der Waals surface area contributed by atoms with Gasteiger partial charge in [-0.2, -0.15) is 32.1 Å². The Morgan fingerprint density at radius 1 is 1.20 bits per heavy atom. The fraction of sp³-hybridized carbons (Fsp3) is 0.593. The topological polar surface area (TPSA) is 128 Å². The average molecular weight is 647 g/mol. The smallest absolute Gasteiger partial charge is 0.410 e. The molecule has 0 spiro atoms. The van der Waals surface area contributed by atoms with Crippen molar-refractivity contribution in [1.29, 1.82) is 0 Å². The van der Waals surface area contributed by atoms with Gasteiger partial charge in [-0.15, -0.1) is 0 Å². The van der Waals surface area contributed by atoms with Crippen LogP contribution in [0.15, 0.2) is 30.9 Å². The third-order valence-electron chi connectivity index (χ3n) is 8.14. The largest absolute Gasteiger partial charge is 0.445 e. The number of methoxy groups -OCH3 is 1. The zero-order valence-electron chi connectivity index (χ0n) is 24.3. The molecule has 5 rings (SSSR count). The van der Waals surface area contributed by atoms with Crippen molar-refractivity contribution in [3.63, 3.8) is 0 Å². The molecule has 4 heterocycles. The zero-order valence-corrected chi connectivity index (χ0v) is 24.3. The van der Waals surface area contributed by atoms with Gasteiger partial charge < -0.3 is 25.0 Å². The van der Waals surface area contributed by atoms with Gasteiger partial charge in [-0.05, 0) is 44.6 Å². The first-order chi connectivity index (χ1) is 21.2. The number of rotatable bonds is 10. The molecule has 2 fully saturated rings. The lowest BCUT2D eigenvalue weighted by Gasteiger charge is -2.35. The van der Waals surface area contributed by atoms with Gasteiger partial charge in [0, 0.05) is 24.4 Å². The van der Waals surface area contributed by atoms with Crippen LogP contribution in [0.4, 0.5) is 35.9 Å². The molecular weight excluding hydrogens is 614 g/mol. The number of hydrogen-bond donors (Lipinski definition) is 2. The Balaban J connectivity index is 1.37. The minimum absolute atomic E-state index is 0.111. The van der Waals surface area contributed by atoms with Gasteiger partial charge in [-0.3, -0.25) is 0 Å². The molecule has 0 unspecified atom stereocenters. The van der Waals surface area contributed by atoms with Gasteiger partial charge in [0.1, 0.15) is 18.3 Å². The lowest BCUT2D eigenvalue weighted by Crippen LogP contribution is -2.40. The van der Waals surface area contributed by atoms with Crippen LogP contribution in [0, 0.1) is 5.92 Å². The SMILES string of the molecule is COC[C@H](c1cnn2cc([C@@H](NC(=O)OCc3cnn(C(F)F)c3)C3CCC(C)(F)CC3)nc2c1)N1C[C@@H](C(F)(F)F)NC1=O. The first-order valence-electron chi connectivity index (χ1n) is 14.2. The molecule has 0 aromatic carbocycles. The van der Waals surface area contributed by atoms with Crippen molar-refractivity contribution in [2.24, 2.45) is 5.92 Å². The van der Waals surface area contributed by atoms with Gasteiger partial charge in [0.15, 0.2) is 5.65 Å². The second kappa shape index (κ2) is 12.7. The Hall–Kier alpha value is -4.09. The highest BCUT2D eigenvalue weighted by atomic mass is 19.4. The predicted octanol–water partition coefficient (Wildman–Crippen LogP) is 4.85. The number of carbonyl (C=O) groups is 2. The standard InChI is InChI=1S/C27H32F6N8O4/c1-26(30)5-3-16(4-6-26)22(38-25(43)45-13-15-8-34-41(10-15)23(28)29)18-11-40-21(36-18)7-17(9-35-40)19(14-44-2)39-12-20(27(31,32)33)37-24(39)42/h7-11,16,19-20,22-23H,3-6,12-14H2,1-2H3,(H,37,42)(H,38,43)/t16?,19-,20+,22+,26?/m1/s1. The highest BCUT2D eigenvalue weighted by molar-refractivity contribution is 5.77. The quantitative estimate of drug-likeness (QED) is 0.302. The van der Waals surface area contributed by atoms with E-state index in [9.17, 15) is 35.9 Å². The molecule has 45 heavy (non-hydrogen) atoms. The molecular formula is C27H32F6N8O4. The van der Waals surface area contributed by atoms with Crippen LogP contribution in [0.5, 0.6) is 0 Å². The van der Waals surface area contributed by atoms with E-state index in [-0.39, 0.29) is 43.2 Å². The van der Waals surface area contributed by atoms with Crippen molar-refractivity contribution in [2.75, 3.05) is 20.3 Å². The molecule has 0 radical (unpaired) electrons. The third-order valence-corrected chi connectivity index (χ3v) is 8.14. The van der Waals surface area contributed by atoms with E-state index in [0.29, 0.717) is 28.8 Å². The lowest BCUT2D eigenvalue weighted by molar-refractivity contribution is -0.150. The van der Waals surface area contributed by atoms with E-state index in [1.807, 2.05) is 5.32 Å². The summed E-state index contributed by atoms with van der Waals surface area (Å²) in [7, 11) is 1.36. The summed E-state index contributed by atoms with van der Waals surface area (Å²) in [6.45, 7) is -2.38. The molecule has 18 heteroatoms. The van der Waals surface area contributed by atoms with E-state index < -0.39 is 55.2 Å². The molecule has 1 saturated heterocycles. The van der Waals surface area contributed by atoms with Crippen molar-refractivity contribution in [1.82, 2.24) is 39.9 Å². The van der Waals surface area contributed by atoms with Gasteiger partial charge in [-0.25, -0.2) is 28.2 Å². The molecule has 0 bridgehead atoms. The van der Waals surface area contributed by atoms with Crippen LogP contribution in [0.25, 0.3) is 5.65 Å². The number of nitrogens with zero attached hydrogens (tertiary/aromatic N) is 6. The Kier molecular flexibility index (Phi) is 9.14. The van der Waals surface area contributed by atoms with Crippen LogP contribution in [0.1, 0.15) is 68.1 Å². The Labute approximate surface area is 253 Å². The highest BCUT2D eigenvalue weighted by Crippen LogP contribution is 2.40. The van der Waals surface area contributed by atoms with Crippen LogP contribution < -0.4 is 10.6 Å². The van der Waals surface area contributed by atoms with Crippen LogP contribution in [-0.4, -0.2) is 79.6 Å². The summed E-state index contributed by atoms with van der Waals surface area (Å²) in [6, 6.07) is -3.02. The normalized spacial score (nSPS) is 23.8. The monoisotopic (exact) mass is 646 g/mol. The molecule has 3 aromatic rings. The summed E-state index contributed by atoms with van der Waals surface area (Å²) in [5.41, 5.74) is -0.0875. The van der Waals surface area contributed by atoms with Crippen LogP contribution >= 0.6 is 0 Å². The van der Waals surface area contributed by atoms with Gasteiger partial charge in [0.2, 0.25) is 0 Å². The molecule has 1 saturated carbocycles. The number of fused-ring (bicyclic) bond motifs is 1. The van der Waals surface area contributed by atoms with E-state index in [2.05, 4.69) is 20.5 Å². The summed E-state index contributed by atoms with van der Waals surface area (Å²) in [4.78, 5) is 31.0. The summed E-state index contributed by atoms with van der Waals surface area (Å²) >= 11 is 0. The van der Waals surface area contributed by atoms with Crippen LogP contribution in [0.2, 0.25) is 0 Å². The number of imidazole rings is 1. The van der Waals surface area contributed by atoms with Crippen molar-refractivity contribution >= 4 is 17.8 Å². The molecule has 2 N–H and O–H groups in total. The molecule has 1 aliphatic heterocycles. The Morgan fingerprint density at radius 2 is 1.93 bits per heavy atom. The lowest BCUT2D eigenvalue weighted by atomic mass is 9.77. The first kappa shape index (κ1) is 32.3. The molecule has 246 valence electrons. The number of alkyl halides is 6. The van der Waals surface area contributed by atoms with E-state index in [1.165, 1.54) is 24.7 Å². The van der Waals surface area contributed by atoms with E-state index in [4.69, 9.17) is 9.47 Å². The maximum absolute atomic E-state index is 14.6. The highest BCUT2D eigenvalue weighted by Gasteiger charge is 2.48. The van der Waals surface area contributed by atoms with Crippen LogP contribution in [0.3, 0.4) is 0 Å². The number of urea groups is 1. The van der Waals surface area contributed by atoms with Gasteiger partial charge >= 0.3 is 24.9 Å². The summed E-state index contributed by atoms with van der Waals surface area (Å²) in [5.74, 6) is -0.235. The number of halogens is 6. The molecule has 12 nitrogen and oxygen atoms in total. The maximum Gasteiger partial charge on any atom is 0.410 e. The number of amides is 3. The van der Waals surface area contributed by atoms with E-state index in [1.54, 1.807) is 12.3 Å².